The number of benzene rings is 1. The van der Waals surface area contributed by atoms with Crippen LogP contribution < -0.4 is 11.1 Å². The van der Waals surface area contributed by atoms with E-state index in [9.17, 15) is 4.79 Å². The molecule has 1 heterocycles. The first-order chi connectivity index (χ1) is 8.99. The molecule has 1 saturated heterocycles. The maximum Gasteiger partial charge on any atom is 0.244 e. The van der Waals surface area contributed by atoms with Crippen LogP contribution in [0.4, 0.5) is 11.4 Å². The van der Waals surface area contributed by atoms with E-state index in [-0.39, 0.29) is 11.9 Å². The van der Waals surface area contributed by atoms with Crippen molar-refractivity contribution in [2.45, 2.75) is 32.7 Å². The van der Waals surface area contributed by atoms with Gasteiger partial charge in [-0.15, -0.1) is 0 Å². The summed E-state index contributed by atoms with van der Waals surface area (Å²) in [5.74, 6) is 0.143. The van der Waals surface area contributed by atoms with Crippen LogP contribution in [0.3, 0.4) is 0 Å². The third-order valence-corrected chi connectivity index (χ3v) is 3.83. The second kappa shape index (κ2) is 5.70. The summed E-state index contributed by atoms with van der Waals surface area (Å²) in [5.41, 5.74) is 8.15. The minimum atomic E-state index is -0.253. The van der Waals surface area contributed by atoms with Gasteiger partial charge in [-0.3, -0.25) is 4.79 Å². The van der Waals surface area contributed by atoms with E-state index in [1.807, 2.05) is 24.8 Å². The van der Waals surface area contributed by atoms with E-state index in [0.29, 0.717) is 10.7 Å². The first-order valence-electron chi connectivity index (χ1n) is 6.60. The van der Waals surface area contributed by atoms with Crippen LogP contribution in [0.25, 0.3) is 0 Å². The highest BCUT2D eigenvalue weighted by molar-refractivity contribution is 6.33. The van der Waals surface area contributed by atoms with Crippen molar-refractivity contribution >= 4 is 28.9 Å². The highest BCUT2D eigenvalue weighted by Crippen LogP contribution is 2.27. The summed E-state index contributed by atoms with van der Waals surface area (Å²) in [6, 6.07) is 3.34. The molecule has 0 spiro atoms. The van der Waals surface area contributed by atoms with Crippen LogP contribution in [0.2, 0.25) is 5.02 Å². The lowest BCUT2D eigenvalue weighted by molar-refractivity contribution is -0.130. The van der Waals surface area contributed by atoms with Gasteiger partial charge in [0.15, 0.2) is 0 Å². The smallest absolute Gasteiger partial charge is 0.244 e. The van der Waals surface area contributed by atoms with Gasteiger partial charge in [0.1, 0.15) is 6.04 Å². The largest absolute Gasteiger partial charge is 0.398 e. The Labute approximate surface area is 118 Å². The van der Waals surface area contributed by atoms with Gasteiger partial charge in [0.05, 0.1) is 10.7 Å². The first-order valence-corrected chi connectivity index (χ1v) is 6.98. The normalized spacial score (nSPS) is 16.5. The lowest BCUT2D eigenvalue weighted by atomic mass is 10.1. The number of nitrogens with one attached hydrogen (secondary N) is 1. The Kier molecular flexibility index (Phi) is 4.20. The molecule has 1 amide bonds. The Bertz CT molecular complexity index is 484. The Hall–Kier alpha value is -1.42. The lowest BCUT2D eigenvalue weighted by Gasteiger charge is -2.23. The molecule has 1 aliphatic heterocycles. The Morgan fingerprint density at radius 3 is 2.68 bits per heavy atom. The first kappa shape index (κ1) is 14.0. The average Bonchev–Trinajstić information content (AvgIpc) is 2.88. The summed E-state index contributed by atoms with van der Waals surface area (Å²) < 4.78 is 0. The number of hydrogen-bond acceptors (Lipinski definition) is 3. The standard InChI is InChI=1S/C14H20ClN3O/c1-9-7-12(16)11(15)8-13(9)17-10(2)14(19)18-5-3-4-6-18/h7-8,10,17H,3-6,16H2,1-2H3. The number of nitrogens with two attached hydrogens (primary N) is 1. The van der Waals surface area contributed by atoms with E-state index >= 15 is 0 Å². The number of likely N-dealkylation sites (tertiary alicyclic amines) is 1. The molecule has 1 fully saturated rings. The number of nitrogen functional groups attached to an aromatic ring is 1. The summed E-state index contributed by atoms with van der Waals surface area (Å²) >= 11 is 6.02. The quantitative estimate of drug-likeness (QED) is 0.838. The van der Waals surface area contributed by atoms with Crippen LogP contribution in [0.15, 0.2) is 12.1 Å². The summed E-state index contributed by atoms with van der Waals surface area (Å²) in [7, 11) is 0. The third kappa shape index (κ3) is 3.13. The van der Waals surface area contributed by atoms with Crippen molar-refractivity contribution < 1.29 is 4.79 Å². The van der Waals surface area contributed by atoms with E-state index in [0.717, 1.165) is 37.2 Å². The highest BCUT2D eigenvalue weighted by Gasteiger charge is 2.23. The van der Waals surface area contributed by atoms with Crippen molar-refractivity contribution in [2.75, 3.05) is 24.1 Å². The number of nitrogens with zero attached hydrogens (tertiary/aromatic N) is 1. The van der Waals surface area contributed by atoms with Crippen LogP contribution in [-0.2, 0) is 4.79 Å². The van der Waals surface area contributed by atoms with Gasteiger partial charge in [-0.05, 0) is 44.4 Å². The van der Waals surface area contributed by atoms with E-state index in [1.54, 1.807) is 6.07 Å². The topological polar surface area (TPSA) is 58.4 Å². The van der Waals surface area contributed by atoms with E-state index in [2.05, 4.69) is 5.32 Å². The fourth-order valence-electron chi connectivity index (χ4n) is 2.37. The zero-order valence-corrected chi connectivity index (χ0v) is 12.1. The number of rotatable bonds is 3. The summed E-state index contributed by atoms with van der Waals surface area (Å²) in [4.78, 5) is 14.1. The Morgan fingerprint density at radius 2 is 2.05 bits per heavy atom. The van der Waals surface area contributed by atoms with Crippen molar-refractivity contribution in [3.8, 4) is 0 Å². The van der Waals surface area contributed by atoms with Gasteiger partial charge in [-0.25, -0.2) is 0 Å². The molecule has 4 nitrogen and oxygen atoms in total. The van der Waals surface area contributed by atoms with Crippen molar-refractivity contribution in [1.82, 2.24) is 4.90 Å². The number of amides is 1. The van der Waals surface area contributed by atoms with Crippen LogP contribution in [-0.4, -0.2) is 29.9 Å². The van der Waals surface area contributed by atoms with Crippen molar-refractivity contribution in [3.05, 3.63) is 22.7 Å². The maximum absolute atomic E-state index is 12.2. The van der Waals surface area contributed by atoms with E-state index in [4.69, 9.17) is 17.3 Å². The zero-order chi connectivity index (χ0) is 14.0. The lowest BCUT2D eigenvalue weighted by Crippen LogP contribution is -2.39. The maximum atomic E-state index is 12.2. The number of anilines is 2. The monoisotopic (exact) mass is 281 g/mol. The second-order valence-corrected chi connectivity index (χ2v) is 5.49. The summed E-state index contributed by atoms with van der Waals surface area (Å²) in [6.45, 7) is 5.56. The highest BCUT2D eigenvalue weighted by atomic mass is 35.5. The fraction of sp³-hybridized carbons (Fsp3) is 0.500. The van der Waals surface area contributed by atoms with Gasteiger partial charge in [0.2, 0.25) is 5.91 Å². The number of carbonyl (C=O) groups excluding carboxylic acids is 1. The number of hydrogen-bond donors (Lipinski definition) is 2. The average molecular weight is 282 g/mol. The van der Waals surface area contributed by atoms with E-state index in [1.165, 1.54) is 0 Å². The van der Waals surface area contributed by atoms with Crippen molar-refractivity contribution in [1.29, 1.82) is 0 Å². The molecule has 5 heteroatoms. The van der Waals surface area contributed by atoms with Gasteiger partial charge >= 0.3 is 0 Å². The molecule has 0 bridgehead atoms. The molecule has 0 saturated carbocycles. The SMILES string of the molecule is Cc1cc(N)c(Cl)cc1NC(C)C(=O)N1CCCC1. The molecule has 19 heavy (non-hydrogen) atoms. The molecule has 3 N–H and O–H groups in total. The molecular formula is C14H20ClN3O. The molecule has 1 atom stereocenters. The molecule has 0 aliphatic carbocycles. The Balaban J connectivity index is 2.08. The molecule has 1 aromatic carbocycles. The van der Waals surface area contributed by atoms with Crippen LogP contribution in [0.5, 0.6) is 0 Å². The molecule has 0 radical (unpaired) electrons. The van der Waals surface area contributed by atoms with E-state index < -0.39 is 0 Å². The van der Waals surface area contributed by atoms with Gasteiger partial charge < -0.3 is 16.0 Å². The molecule has 104 valence electrons. The Morgan fingerprint density at radius 1 is 1.42 bits per heavy atom. The number of halogens is 1. The minimum Gasteiger partial charge on any atom is -0.398 e. The molecule has 2 rings (SSSR count). The molecule has 1 aliphatic rings. The van der Waals surface area contributed by atoms with Crippen LogP contribution in [0.1, 0.15) is 25.3 Å². The van der Waals surface area contributed by atoms with Gasteiger partial charge in [-0.2, -0.15) is 0 Å². The zero-order valence-electron chi connectivity index (χ0n) is 11.4. The summed E-state index contributed by atoms with van der Waals surface area (Å²) in [5, 5.41) is 3.73. The fourth-order valence-corrected chi connectivity index (χ4v) is 2.53. The number of carbonyl (C=O) groups is 1. The predicted octanol–water partition coefficient (Wildman–Crippen LogP) is 2.65. The summed E-state index contributed by atoms with van der Waals surface area (Å²) in [6.07, 6.45) is 2.20. The molecule has 1 unspecified atom stereocenters. The van der Waals surface area contributed by atoms with Gasteiger partial charge in [-0.1, -0.05) is 11.6 Å². The van der Waals surface area contributed by atoms with Crippen LogP contribution in [0, 0.1) is 6.92 Å². The van der Waals surface area contributed by atoms with Gasteiger partial charge in [0, 0.05) is 18.8 Å². The van der Waals surface area contributed by atoms with Crippen LogP contribution >= 0.6 is 11.6 Å². The molecular weight excluding hydrogens is 262 g/mol. The van der Waals surface area contributed by atoms with Crippen molar-refractivity contribution in [2.24, 2.45) is 0 Å². The van der Waals surface area contributed by atoms with Gasteiger partial charge in [0.25, 0.3) is 0 Å². The number of aryl methyl sites for hydroxylation is 1. The minimum absolute atomic E-state index is 0.143. The molecule has 0 aromatic heterocycles. The van der Waals surface area contributed by atoms with Crippen molar-refractivity contribution in [3.63, 3.8) is 0 Å². The predicted molar refractivity (Wildman–Crippen MR) is 79.5 cm³/mol. The second-order valence-electron chi connectivity index (χ2n) is 5.09. The third-order valence-electron chi connectivity index (χ3n) is 3.50. The molecule has 1 aromatic rings.